The Balaban J connectivity index is 1.50. The van der Waals surface area contributed by atoms with Crippen molar-refractivity contribution in [3.8, 4) is 11.3 Å². The zero-order chi connectivity index (χ0) is 18.7. The highest BCUT2D eigenvalue weighted by Gasteiger charge is 2.41. The summed E-state index contributed by atoms with van der Waals surface area (Å²) in [5, 5.41) is 11.8. The second-order valence-corrected chi connectivity index (χ2v) is 6.67. The molecule has 0 aliphatic heterocycles. The highest BCUT2D eigenvalue weighted by molar-refractivity contribution is 5.71. The number of hydrazine groups is 1. The van der Waals surface area contributed by atoms with Crippen molar-refractivity contribution in [1.82, 2.24) is 20.2 Å². The summed E-state index contributed by atoms with van der Waals surface area (Å²) in [5.41, 5.74) is 4.23. The van der Waals surface area contributed by atoms with E-state index >= 15 is 0 Å². The molecule has 1 aliphatic carbocycles. The molecule has 1 aliphatic rings. The quantitative estimate of drug-likeness (QED) is 0.456. The van der Waals surface area contributed by atoms with Gasteiger partial charge in [-0.05, 0) is 49.2 Å². The second-order valence-electron chi connectivity index (χ2n) is 6.67. The van der Waals surface area contributed by atoms with Crippen LogP contribution in [0.1, 0.15) is 25.0 Å². The van der Waals surface area contributed by atoms with Crippen LogP contribution in [0.3, 0.4) is 0 Å². The monoisotopic (exact) mass is 365 g/mol. The van der Waals surface area contributed by atoms with Gasteiger partial charge >= 0.3 is 0 Å². The van der Waals surface area contributed by atoms with Crippen molar-refractivity contribution in [3.63, 3.8) is 0 Å². The van der Waals surface area contributed by atoms with E-state index in [0.29, 0.717) is 29.6 Å². The van der Waals surface area contributed by atoms with Gasteiger partial charge in [0.1, 0.15) is 17.5 Å². The van der Waals surface area contributed by atoms with E-state index in [1.165, 1.54) is 6.07 Å². The normalized spacial score (nSPS) is 15.0. The molecule has 0 spiro atoms. The first kappa shape index (κ1) is 17.3. The van der Waals surface area contributed by atoms with Crippen molar-refractivity contribution >= 4 is 11.6 Å². The number of anilines is 2. The molecule has 0 radical (unpaired) electrons. The smallest absolute Gasteiger partial charge is 0.149 e. The third kappa shape index (κ3) is 3.31. The van der Waals surface area contributed by atoms with Crippen LogP contribution in [-0.4, -0.2) is 26.7 Å². The largest absolute Gasteiger partial charge is 0.368 e. The average Bonchev–Trinajstić information content (AvgIpc) is 2.69. The van der Waals surface area contributed by atoms with E-state index in [1.807, 2.05) is 24.3 Å². The lowest BCUT2D eigenvalue weighted by Crippen LogP contribution is -2.42. The lowest BCUT2D eigenvalue weighted by Gasteiger charge is -2.41. The third-order valence-corrected chi connectivity index (χ3v) is 5.06. The maximum Gasteiger partial charge on any atom is 0.149 e. The van der Waals surface area contributed by atoms with E-state index in [-0.39, 0.29) is 11.2 Å². The number of hydrogen-bond acceptors (Lipinski definition) is 7. The first-order valence-electron chi connectivity index (χ1n) is 8.82. The van der Waals surface area contributed by atoms with Crippen molar-refractivity contribution in [2.24, 2.45) is 5.84 Å². The Kier molecular flexibility index (Phi) is 4.64. The lowest BCUT2D eigenvalue weighted by atomic mass is 9.66. The number of aromatic nitrogens is 4. The molecule has 138 valence electrons. The summed E-state index contributed by atoms with van der Waals surface area (Å²) in [7, 11) is 0. The molecule has 4 N–H and O–H groups in total. The van der Waals surface area contributed by atoms with Gasteiger partial charge in [-0.1, -0.05) is 6.42 Å². The van der Waals surface area contributed by atoms with Crippen LogP contribution in [0.2, 0.25) is 0 Å². The molecule has 7 nitrogen and oxygen atoms in total. The molecule has 0 amide bonds. The fraction of sp³-hybridized carbons (Fsp3) is 0.263. The van der Waals surface area contributed by atoms with Gasteiger partial charge in [-0.2, -0.15) is 0 Å². The number of nitrogens with zero attached hydrogens (tertiary/aromatic N) is 4. The zero-order valence-electron chi connectivity index (χ0n) is 14.7. The SMILES string of the molecule is NNc1ncccc1-c1ccc(NCC2(c3ncccc3F)CCC2)nn1. The molecule has 0 atom stereocenters. The van der Waals surface area contributed by atoms with E-state index in [0.717, 1.165) is 24.8 Å². The molecule has 27 heavy (non-hydrogen) atoms. The van der Waals surface area contributed by atoms with Gasteiger partial charge in [0, 0.05) is 29.9 Å². The molecular weight excluding hydrogens is 345 g/mol. The van der Waals surface area contributed by atoms with Gasteiger partial charge in [0.05, 0.1) is 11.4 Å². The van der Waals surface area contributed by atoms with Crippen LogP contribution in [0.15, 0.2) is 48.8 Å². The number of rotatable bonds is 6. The number of nitrogens with two attached hydrogens (primary N) is 1. The van der Waals surface area contributed by atoms with Gasteiger partial charge in [-0.3, -0.25) is 4.98 Å². The minimum atomic E-state index is -0.286. The van der Waals surface area contributed by atoms with Crippen LogP contribution in [0.25, 0.3) is 11.3 Å². The highest BCUT2D eigenvalue weighted by Crippen LogP contribution is 2.43. The molecule has 0 unspecified atom stereocenters. The van der Waals surface area contributed by atoms with Gasteiger partial charge in [0.15, 0.2) is 0 Å². The molecule has 3 aromatic heterocycles. The Labute approximate surface area is 156 Å². The second kappa shape index (κ2) is 7.24. The van der Waals surface area contributed by atoms with Crippen molar-refractivity contribution < 1.29 is 4.39 Å². The molecule has 4 rings (SSSR count). The summed E-state index contributed by atoms with van der Waals surface area (Å²) >= 11 is 0. The van der Waals surface area contributed by atoms with E-state index < -0.39 is 0 Å². The van der Waals surface area contributed by atoms with Gasteiger partial charge in [-0.25, -0.2) is 15.2 Å². The first-order valence-corrected chi connectivity index (χ1v) is 8.82. The van der Waals surface area contributed by atoms with E-state index in [9.17, 15) is 4.39 Å². The summed E-state index contributed by atoms with van der Waals surface area (Å²) in [4.78, 5) is 8.44. The highest BCUT2D eigenvalue weighted by atomic mass is 19.1. The average molecular weight is 365 g/mol. The molecule has 0 bridgehead atoms. The molecule has 1 fully saturated rings. The number of hydrogen-bond donors (Lipinski definition) is 3. The Morgan fingerprint density at radius 1 is 1.04 bits per heavy atom. The minimum Gasteiger partial charge on any atom is -0.368 e. The third-order valence-electron chi connectivity index (χ3n) is 5.06. The van der Waals surface area contributed by atoms with E-state index in [1.54, 1.807) is 18.5 Å². The van der Waals surface area contributed by atoms with Crippen LogP contribution < -0.4 is 16.6 Å². The van der Waals surface area contributed by atoms with Gasteiger partial charge in [0.2, 0.25) is 0 Å². The van der Waals surface area contributed by atoms with Gasteiger partial charge in [-0.15, -0.1) is 10.2 Å². The predicted molar refractivity (Wildman–Crippen MR) is 101 cm³/mol. The predicted octanol–water partition coefficient (Wildman–Crippen LogP) is 2.89. The lowest BCUT2D eigenvalue weighted by molar-refractivity contribution is 0.243. The van der Waals surface area contributed by atoms with E-state index in [2.05, 4.69) is 30.9 Å². The summed E-state index contributed by atoms with van der Waals surface area (Å²) in [5.74, 6) is 6.41. The van der Waals surface area contributed by atoms with Gasteiger partial charge in [0.25, 0.3) is 0 Å². The molecule has 1 saturated carbocycles. The minimum absolute atomic E-state index is 0.251. The molecule has 3 aromatic rings. The van der Waals surface area contributed by atoms with Crippen molar-refractivity contribution in [1.29, 1.82) is 0 Å². The maximum absolute atomic E-state index is 14.2. The topological polar surface area (TPSA) is 102 Å². The Hall–Kier alpha value is -3.13. The van der Waals surface area contributed by atoms with Crippen LogP contribution in [0, 0.1) is 5.82 Å². The first-order chi connectivity index (χ1) is 13.2. The molecule has 0 saturated heterocycles. The number of pyridine rings is 2. The van der Waals surface area contributed by atoms with E-state index in [4.69, 9.17) is 5.84 Å². The summed E-state index contributed by atoms with van der Waals surface area (Å²) in [6.45, 7) is 0.567. The summed E-state index contributed by atoms with van der Waals surface area (Å²) in [6, 6.07) is 10.5. The Bertz CT molecular complexity index is 925. The fourth-order valence-corrected chi connectivity index (χ4v) is 3.43. The summed E-state index contributed by atoms with van der Waals surface area (Å²) in [6.07, 6.45) is 6.17. The zero-order valence-corrected chi connectivity index (χ0v) is 14.7. The van der Waals surface area contributed by atoms with Crippen LogP contribution >= 0.6 is 0 Å². The summed E-state index contributed by atoms with van der Waals surface area (Å²) < 4.78 is 14.2. The van der Waals surface area contributed by atoms with Crippen molar-refractivity contribution in [3.05, 3.63) is 60.3 Å². The van der Waals surface area contributed by atoms with Gasteiger partial charge < -0.3 is 10.7 Å². The van der Waals surface area contributed by atoms with Crippen molar-refractivity contribution in [2.75, 3.05) is 17.3 Å². The molecular formula is C19H20FN7. The Morgan fingerprint density at radius 2 is 1.85 bits per heavy atom. The Morgan fingerprint density at radius 3 is 2.52 bits per heavy atom. The fourth-order valence-electron chi connectivity index (χ4n) is 3.43. The number of halogens is 1. The van der Waals surface area contributed by atoms with Crippen molar-refractivity contribution in [2.45, 2.75) is 24.7 Å². The maximum atomic E-state index is 14.2. The number of nitrogen functional groups attached to an aromatic ring is 1. The van der Waals surface area contributed by atoms with Crippen LogP contribution in [0.4, 0.5) is 16.0 Å². The molecule has 3 heterocycles. The molecule has 0 aromatic carbocycles. The number of nitrogens with one attached hydrogen (secondary N) is 2. The van der Waals surface area contributed by atoms with Crippen LogP contribution in [0.5, 0.6) is 0 Å². The standard InChI is InChI=1S/C19H20FN7/c20-14-5-2-10-22-17(14)19(8-3-9-19)12-24-16-7-6-15(26-27-16)13-4-1-11-23-18(13)25-21/h1-2,4-7,10-11H,3,8-9,12,21H2,(H,23,25)(H,24,27). The van der Waals surface area contributed by atoms with Crippen LogP contribution in [-0.2, 0) is 5.41 Å². The molecule has 8 heteroatoms.